The van der Waals surface area contributed by atoms with Gasteiger partial charge in [0, 0.05) is 12.6 Å². The molecule has 0 aromatic heterocycles. The van der Waals surface area contributed by atoms with Crippen LogP contribution in [0, 0.1) is 17.3 Å². The van der Waals surface area contributed by atoms with Crippen molar-refractivity contribution in [1.82, 2.24) is 5.32 Å². The summed E-state index contributed by atoms with van der Waals surface area (Å²) in [6.45, 7) is 12.4. The Balaban J connectivity index is 2.43. The quantitative estimate of drug-likeness (QED) is 0.814. The van der Waals surface area contributed by atoms with Crippen molar-refractivity contribution in [2.75, 3.05) is 13.7 Å². The average molecular weight is 241 g/mol. The number of hydrogen-bond acceptors (Lipinski definition) is 2. The fourth-order valence-electron chi connectivity index (χ4n) is 2.89. The Hall–Kier alpha value is -0.0800. The Bertz CT molecular complexity index is 221. The zero-order valence-electron chi connectivity index (χ0n) is 12.5. The molecule has 1 aliphatic rings. The van der Waals surface area contributed by atoms with Crippen molar-refractivity contribution in [3.8, 4) is 0 Å². The van der Waals surface area contributed by atoms with Gasteiger partial charge in [0.2, 0.25) is 0 Å². The molecular weight excluding hydrogens is 210 g/mol. The van der Waals surface area contributed by atoms with Gasteiger partial charge < -0.3 is 10.1 Å². The highest BCUT2D eigenvalue weighted by atomic mass is 16.5. The molecule has 17 heavy (non-hydrogen) atoms. The summed E-state index contributed by atoms with van der Waals surface area (Å²) in [6, 6.07) is 0.536. The summed E-state index contributed by atoms with van der Waals surface area (Å²) in [5.41, 5.74) is 0.375. The lowest BCUT2D eigenvalue weighted by molar-refractivity contribution is -0.0432. The van der Waals surface area contributed by atoms with E-state index in [1.54, 1.807) is 0 Å². The van der Waals surface area contributed by atoms with Crippen LogP contribution in [0.15, 0.2) is 0 Å². The van der Waals surface area contributed by atoms with E-state index in [2.05, 4.69) is 47.0 Å². The van der Waals surface area contributed by atoms with Crippen LogP contribution in [-0.2, 0) is 4.74 Å². The van der Waals surface area contributed by atoms with Crippen LogP contribution >= 0.6 is 0 Å². The van der Waals surface area contributed by atoms with Crippen LogP contribution in [0.4, 0.5) is 0 Å². The minimum atomic E-state index is 0.375. The van der Waals surface area contributed by atoms with Gasteiger partial charge in [-0.25, -0.2) is 0 Å². The van der Waals surface area contributed by atoms with E-state index in [0.717, 1.165) is 18.9 Å². The van der Waals surface area contributed by atoms with Crippen molar-refractivity contribution < 1.29 is 4.74 Å². The zero-order valence-corrected chi connectivity index (χ0v) is 12.5. The third-order valence-electron chi connectivity index (χ3n) is 3.92. The minimum absolute atomic E-state index is 0.375. The van der Waals surface area contributed by atoms with Crippen molar-refractivity contribution in [3.05, 3.63) is 0 Å². The second kappa shape index (κ2) is 6.19. The van der Waals surface area contributed by atoms with Crippen LogP contribution in [0.5, 0.6) is 0 Å². The lowest BCUT2D eigenvalue weighted by Crippen LogP contribution is -2.48. The van der Waals surface area contributed by atoms with Crippen molar-refractivity contribution in [1.29, 1.82) is 0 Å². The monoisotopic (exact) mass is 241 g/mol. The van der Waals surface area contributed by atoms with E-state index >= 15 is 0 Å². The summed E-state index contributed by atoms with van der Waals surface area (Å²) in [6.07, 6.45) is 4.10. The third kappa shape index (κ3) is 4.97. The van der Waals surface area contributed by atoms with Crippen LogP contribution in [0.25, 0.3) is 0 Å². The molecule has 0 heterocycles. The first-order chi connectivity index (χ1) is 7.83. The maximum Gasteiger partial charge on any atom is 0.0753 e. The van der Waals surface area contributed by atoms with Gasteiger partial charge in [-0.3, -0.25) is 0 Å². The number of ether oxygens (including phenoxy) is 1. The molecule has 102 valence electrons. The van der Waals surface area contributed by atoms with E-state index in [4.69, 9.17) is 4.74 Å². The van der Waals surface area contributed by atoms with Crippen molar-refractivity contribution in [2.24, 2.45) is 17.3 Å². The predicted octanol–water partition coefficient (Wildman–Crippen LogP) is 3.46. The zero-order chi connectivity index (χ0) is 13.1. The van der Waals surface area contributed by atoms with E-state index in [-0.39, 0.29) is 0 Å². The molecule has 1 aliphatic carbocycles. The maximum absolute atomic E-state index is 6.16. The second-order valence-corrected chi connectivity index (χ2v) is 7.10. The summed E-state index contributed by atoms with van der Waals surface area (Å²) in [4.78, 5) is 0. The predicted molar refractivity (Wildman–Crippen MR) is 74.2 cm³/mol. The van der Waals surface area contributed by atoms with Gasteiger partial charge in [-0.1, -0.05) is 34.6 Å². The SMILES string of the molecule is CNC1CC(C)CC(C)C1OCCC(C)(C)C. The van der Waals surface area contributed by atoms with E-state index in [0.29, 0.717) is 23.5 Å². The summed E-state index contributed by atoms with van der Waals surface area (Å²) in [5, 5.41) is 3.44. The number of rotatable bonds is 4. The molecule has 1 N–H and O–H groups in total. The molecule has 2 heteroatoms. The normalized spacial score (nSPS) is 34.9. The Morgan fingerprint density at radius 3 is 2.35 bits per heavy atom. The van der Waals surface area contributed by atoms with Gasteiger partial charge in [-0.2, -0.15) is 0 Å². The highest BCUT2D eigenvalue weighted by molar-refractivity contribution is 4.88. The van der Waals surface area contributed by atoms with Crippen LogP contribution in [0.2, 0.25) is 0 Å². The van der Waals surface area contributed by atoms with Crippen LogP contribution in [0.3, 0.4) is 0 Å². The number of hydrogen-bond donors (Lipinski definition) is 1. The van der Waals surface area contributed by atoms with E-state index < -0.39 is 0 Å². The minimum Gasteiger partial charge on any atom is -0.376 e. The molecule has 0 radical (unpaired) electrons. The highest BCUT2D eigenvalue weighted by Gasteiger charge is 2.33. The molecule has 0 spiro atoms. The standard InChI is InChI=1S/C15H31NO/c1-11-9-12(2)14(13(10-11)16-6)17-8-7-15(3,4)5/h11-14,16H,7-10H2,1-6H3. The van der Waals surface area contributed by atoms with Gasteiger partial charge in [0.25, 0.3) is 0 Å². The lowest BCUT2D eigenvalue weighted by Gasteiger charge is -2.39. The molecule has 0 aromatic rings. The maximum atomic E-state index is 6.16. The third-order valence-corrected chi connectivity index (χ3v) is 3.92. The van der Waals surface area contributed by atoms with Gasteiger partial charge >= 0.3 is 0 Å². The van der Waals surface area contributed by atoms with E-state index in [1.807, 2.05) is 0 Å². The second-order valence-electron chi connectivity index (χ2n) is 7.10. The number of likely N-dealkylation sites (N-methyl/N-ethyl adjacent to an activating group) is 1. The van der Waals surface area contributed by atoms with Gasteiger partial charge in [0.1, 0.15) is 0 Å². The molecular formula is C15H31NO. The first kappa shape index (κ1) is 15.0. The molecule has 0 saturated heterocycles. The number of nitrogens with one attached hydrogen (secondary N) is 1. The molecule has 0 bridgehead atoms. The summed E-state index contributed by atoms with van der Waals surface area (Å²) in [7, 11) is 2.07. The fourth-order valence-corrected chi connectivity index (χ4v) is 2.89. The molecule has 1 rings (SSSR count). The van der Waals surface area contributed by atoms with Gasteiger partial charge in [-0.15, -0.1) is 0 Å². The van der Waals surface area contributed by atoms with Crippen LogP contribution < -0.4 is 5.32 Å². The Morgan fingerprint density at radius 2 is 1.82 bits per heavy atom. The first-order valence-corrected chi connectivity index (χ1v) is 7.12. The molecule has 0 amide bonds. The van der Waals surface area contributed by atoms with Crippen LogP contribution in [-0.4, -0.2) is 25.8 Å². The highest BCUT2D eigenvalue weighted by Crippen LogP contribution is 2.31. The van der Waals surface area contributed by atoms with Crippen LogP contribution in [0.1, 0.15) is 53.9 Å². The smallest absolute Gasteiger partial charge is 0.0753 e. The van der Waals surface area contributed by atoms with Crippen molar-refractivity contribution in [2.45, 2.75) is 66.0 Å². The summed E-state index contributed by atoms with van der Waals surface area (Å²) in [5.74, 6) is 1.50. The van der Waals surface area contributed by atoms with E-state index in [1.165, 1.54) is 12.8 Å². The van der Waals surface area contributed by atoms with Gasteiger partial charge in [-0.05, 0) is 43.6 Å². The first-order valence-electron chi connectivity index (χ1n) is 7.12. The molecule has 0 aliphatic heterocycles. The van der Waals surface area contributed by atoms with Gasteiger partial charge in [0.15, 0.2) is 0 Å². The fraction of sp³-hybridized carbons (Fsp3) is 1.00. The molecule has 1 fully saturated rings. The summed E-state index contributed by atoms with van der Waals surface area (Å²) < 4.78 is 6.16. The Kier molecular flexibility index (Phi) is 5.46. The largest absolute Gasteiger partial charge is 0.376 e. The Labute approximate surface area is 108 Å². The van der Waals surface area contributed by atoms with E-state index in [9.17, 15) is 0 Å². The topological polar surface area (TPSA) is 21.3 Å². The molecule has 4 unspecified atom stereocenters. The lowest BCUT2D eigenvalue weighted by atomic mass is 9.78. The van der Waals surface area contributed by atoms with Crippen molar-refractivity contribution >= 4 is 0 Å². The molecule has 2 nitrogen and oxygen atoms in total. The summed E-state index contributed by atoms with van der Waals surface area (Å²) >= 11 is 0. The molecule has 4 atom stereocenters. The average Bonchev–Trinajstić information content (AvgIpc) is 2.18. The van der Waals surface area contributed by atoms with Crippen molar-refractivity contribution in [3.63, 3.8) is 0 Å². The Morgan fingerprint density at radius 1 is 1.18 bits per heavy atom. The molecule has 1 saturated carbocycles. The molecule has 0 aromatic carbocycles. The van der Waals surface area contributed by atoms with Gasteiger partial charge in [0.05, 0.1) is 6.10 Å².